The topological polar surface area (TPSA) is 366 Å². The second kappa shape index (κ2) is 33.7. The summed E-state index contributed by atoms with van der Waals surface area (Å²) in [5, 5.41) is 35.9. The van der Waals surface area contributed by atoms with Crippen molar-refractivity contribution in [1.29, 1.82) is 0 Å². The molecular formula is C79H70ClNO22S7. The number of carboxylic acids is 2. The quantitative estimate of drug-likeness (QED) is 0.0686. The average Bonchev–Trinajstić information content (AvgIpc) is 1.59. The van der Waals surface area contributed by atoms with Crippen LogP contribution in [0.5, 0.6) is 0 Å². The molecule has 572 valence electrons. The predicted molar refractivity (Wildman–Crippen MR) is 417 cm³/mol. The third-order valence-electron chi connectivity index (χ3n) is 18.9. The van der Waals surface area contributed by atoms with Gasteiger partial charge in [-0.15, -0.1) is 22.7 Å². The number of rotatable bonds is 9. The lowest BCUT2D eigenvalue weighted by molar-refractivity contribution is -0.142. The van der Waals surface area contributed by atoms with E-state index in [0.29, 0.717) is 115 Å². The number of carboxylic acid groups (broad SMARTS) is 2. The second-order valence-corrected chi connectivity index (χ2v) is 38.2. The van der Waals surface area contributed by atoms with Gasteiger partial charge in [-0.3, -0.25) is 9.59 Å². The molecule has 23 nitrogen and oxygen atoms in total. The van der Waals surface area contributed by atoms with Crippen molar-refractivity contribution in [2.45, 2.75) is 82.6 Å². The molecule has 0 saturated carbocycles. The number of aromatic nitrogens is 1. The van der Waals surface area contributed by atoms with Gasteiger partial charge in [0.2, 0.25) is 0 Å². The number of sulfone groups is 5. The lowest BCUT2D eigenvalue weighted by Crippen LogP contribution is -2.26. The summed E-state index contributed by atoms with van der Waals surface area (Å²) in [6.07, 6.45) is 6.33. The molecule has 8 aromatic carbocycles. The number of aliphatic hydroxyl groups excluding tert-OH is 1. The maximum atomic E-state index is 12.1. The Kier molecular flexibility index (Phi) is 24.8. The van der Waals surface area contributed by atoms with E-state index in [2.05, 4.69) is 18.8 Å². The van der Waals surface area contributed by atoms with Crippen molar-refractivity contribution in [2.24, 2.45) is 5.92 Å². The molecule has 0 radical (unpaired) electrons. The molecule has 0 fully saturated rings. The van der Waals surface area contributed by atoms with Gasteiger partial charge in [0.1, 0.15) is 6.29 Å². The standard InChI is InChI=1S/C22H20ClNO4S.C10H10O4S.C10H8O4S.C10H8O2S.C9H10O3S.C9H8O3S.C9H6O2S/c23-16-3-5-20-18(11-16)17(19-4-2-15(22(25)26)12-24(19)20)10-13-1-6-21-14(9-13)7-8-29(21,27)28;2*1-14-10(11)8-2-3-9-7(6-8)4-5-15(9,12)13;1-12-10(11)8-2-3-9-7(6-8)4-5-13-9;2*10-6-7-1-2-9-8(5-7)3-4-13(9,11)12;10-9(11)7-1-2-8-6(5-7)3-4-12-8/h1,3,5-6,9,11,15H,2,4,7-8,10,12H2,(H,25,26);2-3,6H,4-5H2,1H3;2-6H,1H3;2-6H,1H3;1-2,5,10H,3-4,6H2;1-2,5-6H,3-4H2;1-5H,(H,10,11). The highest BCUT2D eigenvalue weighted by Gasteiger charge is 2.32. The Bertz CT molecular complexity index is 6150. The molecule has 6 aliphatic rings. The van der Waals surface area contributed by atoms with Gasteiger partial charge in [-0.2, -0.15) is 0 Å². The molecular weight excluding hydrogens is 1570 g/mol. The minimum atomic E-state index is -3.29. The minimum absolute atomic E-state index is 0.0344. The van der Waals surface area contributed by atoms with Gasteiger partial charge in [-0.25, -0.2) is 61.3 Å². The molecule has 110 heavy (non-hydrogen) atoms. The largest absolute Gasteiger partial charge is 0.481 e. The number of aryl methyl sites for hydroxylation is 4. The van der Waals surface area contributed by atoms with E-state index < -0.39 is 73.1 Å². The van der Waals surface area contributed by atoms with Gasteiger partial charge in [0.25, 0.3) is 0 Å². The van der Waals surface area contributed by atoms with Crippen molar-refractivity contribution in [3.63, 3.8) is 0 Å². The summed E-state index contributed by atoms with van der Waals surface area (Å²) in [5.74, 6) is -2.52. The summed E-state index contributed by atoms with van der Waals surface area (Å²) in [5.41, 5.74) is 11.1. The SMILES string of the molecule is COC(=O)c1ccc2c(c1)C=CS2(=O)=O.COC(=O)c1ccc2c(c1)CCS2(=O)=O.COC(=O)c1ccc2sccc2c1.O=C(O)C1CCc2c(Cc3ccc4c(c3)CCS4(=O)=O)c3cc(Cl)ccc3n2C1.O=C(O)c1ccc2sccc2c1.O=Cc1ccc2c(c1)CCS2(=O)=O.O=S1(=O)CCc2cc(CO)ccc21. The number of nitrogens with zero attached hydrogens (tertiary/aromatic N) is 1. The lowest BCUT2D eigenvalue weighted by Gasteiger charge is -2.23. The number of halogens is 1. The molecule has 6 aliphatic heterocycles. The second-order valence-electron chi connectivity index (χ2n) is 25.8. The third kappa shape index (κ3) is 18.2. The zero-order chi connectivity index (χ0) is 79.2. The van der Waals surface area contributed by atoms with Gasteiger partial charge in [0.15, 0.2) is 49.2 Å². The average molecular weight is 1650 g/mol. The fourth-order valence-electron chi connectivity index (χ4n) is 13.3. The van der Waals surface area contributed by atoms with Gasteiger partial charge in [-0.05, 0) is 244 Å². The number of methoxy groups -OCH3 is 3. The maximum absolute atomic E-state index is 12.1. The molecule has 0 aliphatic carbocycles. The molecule has 0 saturated heterocycles. The normalized spacial score (nSPS) is 16.4. The molecule has 9 heterocycles. The number of benzene rings is 8. The Hall–Kier alpha value is -10.0. The van der Waals surface area contributed by atoms with E-state index in [0.717, 1.165) is 77.1 Å². The zero-order valence-corrected chi connectivity index (χ0v) is 65.4. The molecule has 1 unspecified atom stereocenters. The maximum Gasteiger partial charge on any atom is 0.337 e. The fraction of sp³-hybridized carbons (Fsp3) is 0.215. The Morgan fingerprint density at radius 2 is 0.964 bits per heavy atom. The smallest absolute Gasteiger partial charge is 0.337 e. The lowest BCUT2D eigenvalue weighted by atomic mass is 9.94. The Labute approximate surface area is 646 Å². The number of fused-ring (bicyclic) bond motifs is 10. The van der Waals surface area contributed by atoms with E-state index in [1.807, 2.05) is 71.4 Å². The Balaban J connectivity index is 0.000000131. The summed E-state index contributed by atoms with van der Waals surface area (Å²) >= 11 is 9.55. The molecule has 17 rings (SSSR count). The number of aliphatic carboxylic acids is 1. The van der Waals surface area contributed by atoms with E-state index in [1.165, 1.54) is 74.6 Å². The summed E-state index contributed by atoms with van der Waals surface area (Å²) in [4.78, 5) is 67.9. The van der Waals surface area contributed by atoms with Gasteiger partial charge < -0.3 is 34.1 Å². The van der Waals surface area contributed by atoms with Crippen LogP contribution in [-0.2, 0) is 120 Å². The number of aromatic carboxylic acids is 1. The first-order valence-electron chi connectivity index (χ1n) is 33.8. The third-order valence-corrected chi connectivity index (χ3v) is 29.6. The monoisotopic (exact) mass is 1640 g/mol. The number of hydrogen-bond donors (Lipinski definition) is 3. The summed E-state index contributed by atoms with van der Waals surface area (Å²) in [6, 6.07) is 44.6. The number of carbonyl (C=O) groups is 6. The van der Waals surface area contributed by atoms with Gasteiger partial charge >= 0.3 is 29.8 Å². The molecule has 0 spiro atoms. The number of thiophene rings is 2. The number of ether oxygens (including phenoxy) is 3. The molecule has 11 aromatic rings. The zero-order valence-electron chi connectivity index (χ0n) is 58.9. The first-order chi connectivity index (χ1) is 52.3. The Morgan fingerprint density at radius 1 is 0.509 bits per heavy atom. The van der Waals surface area contributed by atoms with E-state index in [1.54, 1.807) is 77.3 Å². The van der Waals surface area contributed by atoms with Crippen molar-refractivity contribution in [3.8, 4) is 0 Å². The van der Waals surface area contributed by atoms with Crippen LogP contribution in [0, 0.1) is 5.92 Å². The van der Waals surface area contributed by atoms with Crippen molar-refractivity contribution in [1.82, 2.24) is 4.57 Å². The highest BCUT2D eigenvalue weighted by Crippen LogP contribution is 2.38. The number of esters is 3. The first kappa shape index (κ1) is 81.0. The van der Waals surface area contributed by atoms with Crippen LogP contribution in [0.4, 0.5) is 0 Å². The first-order valence-corrected chi connectivity index (χ1v) is 44.1. The fourth-order valence-corrected chi connectivity index (χ4v) is 22.4. The molecule has 3 aromatic heterocycles. The van der Waals surface area contributed by atoms with Crippen LogP contribution in [0.15, 0.2) is 198 Å². The van der Waals surface area contributed by atoms with Gasteiger partial charge in [-0.1, -0.05) is 41.9 Å². The Morgan fingerprint density at radius 3 is 1.48 bits per heavy atom. The minimum Gasteiger partial charge on any atom is -0.481 e. The summed E-state index contributed by atoms with van der Waals surface area (Å²) < 4.78 is 134. The van der Waals surface area contributed by atoms with E-state index >= 15 is 0 Å². The van der Waals surface area contributed by atoms with E-state index in [9.17, 15) is 76.0 Å². The van der Waals surface area contributed by atoms with Crippen LogP contribution in [0.2, 0.25) is 5.02 Å². The summed E-state index contributed by atoms with van der Waals surface area (Å²) in [6.45, 7) is 0.429. The molecule has 31 heteroatoms. The molecule has 3 N–H and O–H groups in total. The predicted octanol–water partition coefficient (Wildman–Crippen LogP) is 12.5. The van der Waals surface area contributed by atoms with Gasteiger partial charge in [0.05, 0.1) is 104 Å². The number of aldehydes is 1. The van der Waals surface area contributed by atoms with Crippen LogP contribution in [0.3, 0.4) is 0 Å². The number of carbonyl (C=O) groups excluding carboxylic acids is 4. The van der Waals surface area contributed by atoms with Gasteiger partial charge in [0, 0.05) is 48.5 Å². The van der Waals surface area contributed by atoms with Crippen molar-refractivity contribution in [3.05, 3.63) is 257 Å². The van der Waals surface area contributed by atoms with Crippen LogP contribution in [0.25, 0.3) is 37.2 Å². The number of aliphatic hydroxyl groups is 1. The van der Waals surface area contributed by atoms with Crippen molar-refractivity contribution < 1.29 is 100 Å². The van der Waals surface area contributed by atoms with Crippen LogP contribution in [0.1, 0.15) is 108 Å². The highest BCUT2D eigenvalue weighted by molar-refractivity contribution is 7.95. The van der Waals surface area contributed by atoms with Crippen LogP contribution < -0.4 is 0 Å². The molecule has 0 amide bonds. The number of hydrogen-bond acceptors (Lipinski definition) is 22. The van der Waals surface area contributed by atoms with E-state index in [4.69, 9.17) is 21.8 Å². The van der Waals surface area contributed by atoms with E-state index in [-0.39, 0.29) is 46.4 Å². The van der Waals surface area contributed by atoms with Crippen molar-refractivity contribution >= 4 is 157 Å². The van der Waals surface area contributed by atoms with Crippen molar-refractivity contribution in [2.75, 3.05) is 44.3 Å². The highest BCUT2D eigenvalue weighted by atomic mass is 35.5. The van der Waals surface area contributed by atoms with Crippen LogP contribution >= 0.6 is 34.3 Å². The van der Waals surface area contributed by atoms with Crippen LogP contribution in [-0.4, -0.2) is 142 Å². The summed E-state index contributed by atoms with van der Waals surface area (Å²) in [7, 11) is -11.6. The molecule has 1 atom stereocenters. The molecule has 0 bridgehead atoms.